The highest BCUT2D eigenvalue weighted by Crippen LogP contribution is 2.27. The van der Waals surface area contributed by atoms with Crippen LogP contribution in [0.25, 0.3) is 0 Å². The number of para-hydroxylation sites is 1. The van der Waals surface area contributed by atoms with Crippen LogP contribution in [0.2, 0.25) is 0 Å². The SMILES string of the molecule is O=C(Nc1ccccc1)Nc1ccc(P(=O)([O-])O)cc1. The molecule has 0 bridgehead atoms. The molecule has 2 aromatic rings. The first-order valence-corrected chi connectivity index (χ1v) is 7.30. The summed E-state index contributed by atoms with van der Waals surface area (Å²) in [5, 5.41) is 4.96. The van der Waals surface area contributed by atoms with Crippen LogP contribution in [0.5, 0.6) is 0 Å². The largest absolute Gasteiger partial charge is 0.775 e. The number of carbonyl (C=O) groups excluding carboxylic acids is 1. The molecule has 0 saturated carbocycles. The van der Waals surface area contributed by atoms with Crippen LogP contribution in [0.3, 0.4) is 0 Å². The molecule has 104 valence electrons. The van der Waals surface area contributed by atoms with Gasteiger partial charge >= 0.3 is 6.03 Å². The van der Waals surface area contributed by atoms with Gasteiger partial charge in [-0.1, -0.05) is 18.2 Å². The third-order valence-electron chi connectivity index (χ3n) is 2.48. The molecular formula is C13H12N2O4P-. The fraction of sp³-hybridized carbons (Fsp3) is 0. The van der Waals surface area contributed by atoms with Gasteiger partial charge < -0.3 is 25.0 Å². The highest BCUT2D eigenvalue weighted by atomic mass is 31.2. The third kappa shape index (κ3) is 3.93. The smallest absolute Gasteiger partial charge is 0.323 e. The molecule has 0 heterocycles. The van der Waals surface area contributed by atoms with Crippen LogP contribution in [-0.4, -0.2) is 10.9 Å². The molecule has 3 N–H and O–H groups in total. The Hall–Kier alpha value is -2.14. The van der Waals surface area contributed by atoms with Crippen molar-refractivity contribution in [2.24, 2.45) is 0 Å². The zero-order chi connectivity index (χ0) is 14.6. The summed E-state index contributed by atoms with van der Waals surface area (Å²) in [5.74, 6) is 0. The zero-order valence-electron chi connectivity index (χ0n) is 10.3. The number of benzene rings is 2. The molecule has 6 nitrogen and oxygen atoms in total. The Kier molecular flexibility index (Phi) is 4.20. The molecule has 2 amide bonds. The van der Waals surface area contributed by atoms with Crippen molar-refractivity contribution >= 4 is 30.3 Å². The lowest BCUT2D eigenvalue weighted by Gasteiger charge is -2.16. The molecule has 20 heavy (non-hydrogen) atoms. The molecule has 0 radical (unpaired) electrons. The van der Waals surface area contributed by atoms with Crippen LogP contribution in [0, 0.1) is 0 Å². The molecule has 0 aliphatic rings. The molecule has 0 saturated heterocycles. The van der Waals surface area contributed by atoms with Gasteiger partial charge in [-0.15, -0.1) is 0 Å². The number of rotatable bonds is 3. The fourth-order valence-electron chi connectivity index (χ4n) is 1.55. The van der Waals surface area contributed by atoms with Gasteiger partial charge in [-0.05, 0) is 36.4 Å². The minimum atomic E-state index is -4.51. The second-order valence-corrected chi connectivity index (χ2v) is 5.57. The second-order valence-electron chi connectivity index (χ2n) is 4.01. The van der Waals surface area contributed by atoms with E-state index < -0.39 is 13.6 Å². The molecule has 0 aliphatic carbocycles. The van der Waals surface area contributed by atoms with Gasteiger partial charge in [-0.2, -0.15) is 0 Å². The first-order valence-electron chi connectivity index (χ1n) is 5.72. The maximum Gasteiger partial charge on any atom is 0.323 e. The summed E-state index contributed by atoms with van der Waals surface area (Å²) in [6.45, 7) is 0. The molecule has 2 rings (SSSR count). The third-order valence-corrected chi connectivity index (χ3v) is 3.43. The standard InChI is InChI=1S/C13H13N2O4P/c16-13(14-10-4-2-1-3-5-10)15-11-6-8-12(9-7-11)20(17,18)19/h1-9H,(H2,14,15,16)(H2,17,18,19)/p-1. The van der Waals surface area contributed by atoms with Gasteiger partial charge in [0.1, 0.15) is 0 Å². The summed E-state index contributed by atoms with van der Waals surface area (Å²) in [5.41, 5.74) is 1.05. The minimum Gasteiger partial charge on any atom is -0.775 e. The van der Waals surface area contributed by atoms with Crippen molar-refractivity contribution < 1.29 is 19.1 Å². The van der Waals surface area contributed by atoms with Crippen molar-refractivity contribution in [3.8, 4) is 0 Å². The van der Waals surface area contributed by atoms with Crippen LogP contribution in [-0.2, 0) is 4.57 Å². The monoisotopic (exact) mass is 291 g/mol. The fourth-order valence-corrected chi connectivity index (χ4v) is 2.07. The Morgan fingerprint density at radius 1 is 0.950 bits per heavy atom. The van der Waals surface area contributed by atoms with Crippen molar-refractivity contribution in [3.63, 3.8) is 0 Å². The van der Waals surface area contributed by atoms with Gasteiger partial charge in [0.15, 0.2) is 7.60 Å². The summed E-state index contributed by atoms with van der Waals surface area (Å²) in [6, 6.07) is 13.6. The summed E-state index contributed by atoms with van der Waals surface area (Å²) >= 11 is 0. The van der Waals surface area contributed by atoms with E-state index in [4.69, 9.17) is 4.89 Å². The number of urea groups is 1. The lowest BCUT2D eigenvalue weighted by atomic mass is 10.3. The van der Waals surface area contributed by atoms with E-state index in [1.807, 2.05) is 6.07 Å². The molecule has 0 spiro atoms. The van der Waals surface area contributed by atoms with Crippen LogP contribution >= 0.6 is 7.60 Å². The Bertz CT molecular complexity index is 637. The number of hydrogen-bond donors (Lipinski definition) is 3. The summed E-state index contributed by atoms with van der Waals surface area (Å²) < 4.78 is 10.9. The van der Waals surface area contributed by atoms with Crippen LogP contribution in [0.1, 0.15) is 0 Å². The highest BCUT2D eigenvalue weighted by molar-refractivity contribution is 7.58. The van der Waals surface area contributed by atoms with E-state index in [0.717, 1.165) is 0 Å². The van der Waals surface area contributed by atoms with E-state index >= 15 is 0 Å². The lowest BCUT2D eigenvalue weighted by molar-refractivity contribution is -0.188. The average molecular weight is 291 g/mol. The topological polar surface area (TPSA) is 101 Å². The molecule has 0 fully saturated rings. The first kappa shape index (κ1) is 14.3. The van der Waals surface area contributed by atoms with E-state index in [1.54, 1.807) is 24.3 Å². The second kappa shape index (κ2) is 5.88. The molecule has 7 heteroatoms. The number of anilines is 2. The molecule has 0 aromatic heterocycles. The van der Waals surface area contributed by atoms with E-state index in [1.165, 1.54) is 24.3 Å². The number of amides is 2. The van der Waals surface area contributed by atoms with Crippen molar-refractivity contribution in [1.29, 1.82) is 0 Å². The molecule has 2 aromatic carbocycles. The van der Waals surface area contributed by atoms with Crippen molar-refractivity contribution in [2.45, 2.75) is 0 Å². The van der Waals surface area contributed by atoms with Crippen LogP contribution in [0.4, 0.5) is 16.2 Å². The Morgan fingerprint density at radius 2 is 1.45 bits per heavy atom. The maximum absolute atomic E-state index is 11.7. The zero-order valence-corrected chi connectivity index (χ0v) is 11.2. The number of hydrogen-bond acceptors (Lipinski definition) is 3. The van der Waals surface area contributed by atoms with Gasteiger partial charge in [0, 0.05) is 16.7 Å². The lowest BCUT2D eigenvalue weighted by Crippen LogP contribution is -2.20. The molecule has 1 unspecified atom stereocenters. The number of carbonyl (C=O) groups is 1. The Balaban J connectivity index is 2.00. The molecule has 0 aliphatic heterocycles. The predicted octanol–water partition coefficient (Wildman–Crippen LogP) is 1.50. The van der Waals surface area contributed by atoms with Crippen LogP contribution < -0.4 is 20.8 Å². The summed E-state index contributed by atoms with van der Waals surface area (Å²) in [6.07, 6.45) is 0. The minimum absolute atomic E-state index is 0.202. The van der Waals surface area contributed by atoms with Gasteiger partial charge in [0.25, 0.3) is 0 Å². The normalized spacial score (nSPS) is 13.3. The highest BCUT2D eigenvalue weighted by Gasteiger charge is 2.07. The van der Waals surface area contributed by atoms with Gasteiger partial charge in [0.05, 0.1) is 0 Å². The molecular weight excluding hydrogens is 279 g/mol. The van der Waals surface area contributed by atoms with Crippen molar-refractivity contribution in [2.75, 3.05) is 10.6 Å². The van der Waals surface area contributed by atoms with E-state index in [2.05, 4.69) is 10.6 Å². The predicted molar refractivity (Wildman–Crippen MR) is 75.0 cm³/mol. The first-order chi connectivity index (χ1) is 9.45. The summed E-state index contributed by atoms with van der Waals surface area (Å²) in [7, 11) is -4.51. The average Bonchev–Trinajstić information content (AvgIpc) is 2.39. The maximum atomic E-state index is 11.7. The van der Waals surface area contributed by atoms with Crippen molar-refractivity contribution in [3.05, 3.63) is 54.6 Å². The van der Waals surface area contributed by atoms with E-state index in [0.29, 0.717) is 11.4 Å². The quantitative estimate of drug-likeness (QED) is 0.746. The Morgan fingerprint density at radius 3 is 1.95 bits per heavy atom. The van der Waals surface area contributed by atoms with Gasteiger partial charge in [-0.3, -0.25) is 0 Å². The molecule has 1 atom stereocenters. The van der Waals surface area contributed by atoms with Crippen LogP contribution in [0.15, 0.2) is 54.6 Å². The summed E-state index contributed by atoms with van der Waals surface area (Å²) in [4.78, 5) is 31.4. The number of nitrogens with one attached hydrogen (secondary N) is 2. The van der Waals surface area contributed by atoms with Gasteiger partial charge in [0.2, 0.25) is 0 Å². The Labute approximate surface area is 115 Å². The van der Waals surface area contributed by atoms with Crippen molar-refractivity contribution in [1.82, 2.24) is 0 Å². The van der Waals surface area contributed by atoms with E-state index in [9.17, 15) is 14.3 Å². The van der Waals surface area contributed by atoms with E-state index in [-0.39, 0.29) is 5.30 Å². The van der Waals surface area contributed by atoms with Gasteiger partial charge in [-0.25, -0.2) is 4.79 Å².